The number of benzene rings is 3. The Hall–Kier alpha value is -3.58. The molecule has 3 aromatic carbocycles. The van der Waals surface area contributed by atoms with Gasteiger partial charge in [-0.2, -0.15) is 0 Å². The molecule has 5 rings (SSSR count). The van der Waals surface area contributed by atoms with Crippen molar-refractivity contribution >= 4 is 23.2 Å². The average molecular weight is 434 g/mol. The molecule has 7 heteroatoms. The minimum Gasteiger partial charge on any atom is -0.273 e. The first-order valence-electron chi connectivity index (χ1n) is 10.3. The number of para-hydroxylation sites is 1. The summed E-state index contributed by atoms with van der Waals surface area (Å²) >= 11 is 0. The quantitative estimate of drug-likeness (QED) is 0.564. The minimum atomic E-state index is -1.07. The lowest BCUT2D eigenvalue weighted by atomic mass is 9.90. The van der Waals surface area contributed by atoms with E-state index >= 15 is 0 Å². The van der Waals surface area contributed by atoms with Gasteiger partial charge in [0.05, 0.1) is 17.4 Å². The number of carbonyl (C=O) groups excluding carboxylic acids is 2. The average Bonchev–Trinajstić information content (AvgIpc) is 3.28. The molecule has 2 amide bonds. The number of nitrogens with zero attached hydrogens (tertiary/aromatic N) is 2. The third-order valence-corrected chi connectivity index (χ3v) is 6.00. The highest BCUT2D eigenvalue weighted by Crippen LogP contribution is 2.48. The zero-order valence-electron chi connectivity index (χ0n) is 17.5. The summed E-state index contributed by atoms with van der Waals surface area (Å²) in [6.07, 6.45) is -1.07. The molecule has 0 N–H and O–H groups in total. The maximum Gasteiger partial charge on any atom is 0.266 e. The van der Waals surface area contributed by atoms with Gasteiger partial charge in [-0.15, -0.1) is 0 Å². The van der Waals surface area contributed by atoms with E-state index in [1.807, 2.05) is 32.0 Å². The number of carbonyl (C=O) groups is 2. The van der Waals surface area contributed by atoms with Crippen molar-refractivity contribution in [2.24, 2.45) is 5.92 Å². The Morgan fingerprint density at radius 3 is 2.28 bits per heavy atom. The van der Waals surface area contributed by atoms with Crippen LogP contribution in [0.3, 0.4) is 0 Å². The van der Waals surface area contributed by atoms with Gasteiger partial charge in [0, 0.05) is 0 Å². The van der Waals surface area contributed by atoms with Gasteiger partial charge in [-0.25, -0.2) is 18.7 Å². The summed E-state index contributed by atoms with van der Waals surface area (Å²) in [6.45, 7) is 3.76. The second kappa shape index (κ2) is 7.53. The van der Waals surface area contributed by atoms with Crippen molar-refractivity contribution in [3.63, 3.8) is 0 Å². The number of hydroxylamine groups is 1. The molecule has 2 saturated heterocycles. The Balaban J connectivity index is 1.61. The lowest BCUT2D eigenvalue weighted by Crippen LogP contribution is -2.37. The Bertz CT molecular complexity index is 1230. The summed E-state index contributed by atoms with van der Waals surface area (Å²) in [6, 6.07) is 17.1. The van der Waals surface area contributed by atoms with Crippen molar-refractivity contribution in [1.82, 2.24) is 0 Å². The van der Waals surface area contributed by atoms with E-state index in [0.717, 1.165) is 28.2 Å². The monoisotopic (exact) mass is 434 g/mol. The summed E-state index contributed by atoms with van der Waals surface area (Å²) in [5.41, 5.74) is 3.26. The molecule has 162 valence electrons. The molecule has 0 spiro atoms. The van der Waals surface area contributed by atoms with Crippen LogP contribution in [0, 0.1) is 31.4 Å². The fourth-order valence-corrected chi connectivity index (χ4v) is 4.54. The molecule has 2 heterocycles. The van der Waals surface area contributed by atoms with Crippen LogP contribution in [-0.2, 0) is 14.4 Å². The van der Waals surface area contributed by atoms with Crippen LogP contribution < -0.4 is 9.96 Å². The molecule has 2 aliphatic rings. The number of hydrogen-bond acceptors (Lipinski definition) is 4. The predicted molar refractivity (Wildman–Crippen MR) is 115 cm³/mol. The number of rotatable bonds is 3. The maximum atomic E-state index is 14.1. The summed E-state index contributed by atoms with van der Waals surface area (Å²) in [5.74, 6) is -3.82. The van der Waals surface area contributed by atoms with E-state index < -0.39 is 41.5 Å². The molecule has 0 aromatic heterocycles. The molecule has 5 nitrogen and oxygen atoms in total. The van der Waals surface area contributed by atoms with Gasteiger partial charge in [0.15, 0.2) is 17.7 Å². The van der Waals surface area contributed by atoms with Crippen molar-refractivity contribution < 1.29 is 23.2 Å². The number of anilines is 2. The van der Waals surface area contributed by atoms with Crippen molar-refractivity contribution in [1.29, 1.82) is 0 Å². The zero-order valence-corrected chi connectivity index (χ0v) is 17.5. The van der Waals surface area contributed by atoms with Gasteiger partial charge < -0.3 is 0 Å². The first-order chi connectivity index (χ1) is 15.4. The van der Waals surface area contributed by atoms with E-state index in [9.17, 15) is 18.4 Å². The van der Waals surface area contributed by atoms with Gasteiger partial charge in [0.1, 0.15) is 5.92 Å². The Morgan fingerprint density at radius 2 is 1.59 bits per heavy atom. The topological polar surface area (TPSA) is 49.9 Å². The molecular weight excluding hydrogens is 414 g/mol. The number of halogens is 2. The largest absolute Gasteiger partial charge is 0.273 e. The second-order valence-corrected chi connectivity index (χ2v) is 8.13. The molecule has 2 aliphatic heterocycles. The maximum absolute atomic E-state index is 14.1. The van der Waals surface area contributed by atoms with Gasteiger partial charge in [0.2, 0.25) is 5.91 Å². The lowest BCUT2D eigenvalue weighted by Gasteiger charge is -2.29. The fraction of sp³-hybridized carbons (Fsp3) is 0.200. The third-order valence-electron chi connectivity index (χ3n) is 6.00. The van der Waals surface area contributed by atoms with Gasteiger partial charge in [0.25, 0.3) is 5.91 Å². The van der Waals surface area contributed by atoms with Crippen LogP contribution in [0.1, 0.15) is 22.7 Å². The molecular formula is C25H20F2N2O3. The highest BCUT2D eigenvalue weighted by molar-refractivity contribution is 6.24. The molecule has 3 atom stereocenters. The van der Waals surface area contributed by atoms with E-state index in [1.54, 1.807) is 30.3 Å². The molecule has 0 bridgehead atoms. The Kier molecular flexibility index (Phi) is 4.78. The van der Waals surface area contributed by atoms with Gasteiger partial charge >= 0.3 is 0 Å². The summed E-state index contributed by atoms with van der Waals surface area (Å²) in [4.78, 5) is 34.1. The Labute approximate surface area is 183 Å². The van der Waals surface area contributed by atoms with E-state index in [0.29, 0.717) is 16.9 Å². The normalized spacial score (nSPS) is 22.6. The molecule has 2 fully saturated rings. The van der Waals surface area contributed by atoms with Crippen LogP contribution in [0.5, 0.6) is 0 Å². The van der Waals surface area contributed by atoms with Gasteiger partial charge in [-0.3, -0.25) is 14.4 Å². The highest BCUT2D eigenvalue weighted by atomic mass is 19.2. The first-order valence-corrected chi connectivity index (χ1v) is 10.3. The molecule has 0 saturated carbocycles. The first kappa shape index (κ1) is 20.3. The van der Waals surface area contributed by atoms with E-state index in [-0.39, 0.29) is 0 Å². The van der Waals surface area contributed by atoms with E-state index in [4.69, 9.17) is 4.84 Å². The lowest BCUT2D eigenvalue weighted by molar-refractivity contribution is -0.126. The standard InChI is InChI=1S/C25H20F2N2O3/c1-14-8-11-20(15(2)12-14)28-24(30)21-22(16-9-10-18(26)19(27)13-16)29(32-23(21)25(28)31)17-6-4-3-5-7-17/h3-13,21-23H,1-2H3/t21-,22+,23+/m1/s1. The summed E-state index contributed by atoms with van der Waals surface area (Å²) in [7, 11) is 0. The van der Waals surface area contributed by atoms with Crippen LogP contribution in [0.4, 0.5) is 20.2 Å². The van der Waals surface area contributed by atoms with Crippen molar-refractivity contribution in [3.8, 4) is 0 Å². The van der Waals surface area contributed by atoms with Crippen LogP contribution in [0.2, 0.25) is 0 Å². The number of amides is 2. The van der Waals surface area contributed by atoms with Crippen molar-refractivity contribution in [3.05, 3.63) is 95.1 Å². The fourth-order valence-electron chi connectivity index (χ4n) is 4.54. The van der Waals surface area contributed by atoms with Gasteiger partial charge in [-0.1, -0.05) is 42.0 Å². The molecule has 32 heavy (non-hydrogen) atoms. The predicted octanol–water partition coefficient (Wildman–Crippen LogP) is 4.63. The van der Waals surface area contributed by atoms with Crippen LogP contribution >= 0.6 is 0 Å². The molecule has 3 aromatic rings. The van der Waals surface area contributed by atoms with E-state index in [2.05, 4.69) is 0 Å². The summed E-state index contributed by atoms with van der Waals surface area (Å²) in [5, 5.41) is 1.46. The zero-order chi connectivity index (χ0) is 22.6. The highest BCUT2D eigenvalue weighted by Gasteiger charge is 2.60. The number of fused-ring (bicyclic) bond motifs is 1. The summed E-state index contributed by atoms with van der Waals surface area (Å²) < 4.78 is 27.7. The molecule has 0 aliphatic carbocycles. The number of hydrogen-bond donors (Lipinski definition) is 0. The minimum absolute atomic E-state index is 0.351. The van der Waals surface area contributed by atoms with Crippen LogP contribution in [0.15, 0.2) is 66.7 Å². The van der Waals surface area contributed by atoms with Gasteiger partial charge in [-0.05, 0) is 55.3 Å². The Morgan fingerprint density at radius 1 is 0.844 bits per heavy atom. The second-order valence-electron chi connectivity index (χ2n) is 8.13. The number of imide groups is 1. The van der Waals surface area contributed by atoms with Crippen molar-refractivity contribution in [2.45, 2.75) is 26.0 Å². The van der Waals surface area contributed by atoms with Crippen LogP contribution in [0.25, 0.3) is 0 Å². The number of aryl methyl sites for hydroxylation is 2. The molecule has 0 unspecified atom stereocenters. The smallest absolute Gasteiger partial charge is 0.266 e. The third kappa shape index (κ3) is 3.08. The van der Waals surface area contributed by atoms with E-state index in [1.165, 1.54) is 11.1 Å². The SMILES string of the molecule is Cc1ccc(N2C(=O)[C@H]3[C@H](ON(c4ccccc4)[C@H]3c3ccc(F)c(F)c3)C2=O)c(C)c1. The molecule has 0 radical (unpaired) electrons. The van der Waals surface area contributed by atoms with Crippen molar-refractivity contribution in [2.75, 3.05) is 9.96 Å². The van der Waals surface area contributed by atoms with Crippen LogP contribution in [-0.4, -0.2) is 17.9 Å².